The molecule has 156 valence electrons. The van der Waals surface area contributed by atoms with Gasteiger partial charge in [0, 0.05) is 23.8 Å². The van der Waals surface area contributed by atoms with Crippen molar-refractivity contribution in [3.05, 3.63) is 96.1 Å². The van der Waals surface area contributed by atoms with Crippen molar-refractivity contribution in [1.82, 2.24) is 10.3 Å². The number of hydrogen-bond acceptors (Lipinski definition) is 4. The van der Waals surface area contributed by atoms with Crippen molar-refractivity contribution in [2.24, 2.45) is 0 Å². The summed E-state index contributed by atoms with van der Waals surface area (Å²) in [6.07, 6.45) is 6.72. The Morgan fingerprint density at radius 2 is 1.70 bits per heavy atom. The van der Waals surface area contributed by atoms with Gasteiger partial charge in [-0.1, -0.05) is 42.5 Å². The van der Waals surface area contributed by atoms with Crippen molar-refractivity contribution >= 4 is 29.0 Å². The lowest BCUT2D eigenvalue weighted by molar-refractivity contribution is 0.482. The molecule has 0 aliphatic heterocycles. The number of nitrogens with one attached hydrogen (secondary N) is 2. The number of aryl methyl sites for hydroxylation is 2. The second-order valence-electron chi connectivity index (χ2n) is 7.23. The van der Waals surface area contributed by atoms with Crippen molar-refractivity contribution < 1.29 is 4.42 Å². The molecule has 0 unspecified atom stereocenters. The molecule has 4 rings (SSSR count). The Hall–Kier alpha value is -2.82. The molecule has 2 aromatic carbocycles. The van der Waals surface area contributed by atoms with E-state index in [1.54, 1.807) is 6.26 Å². The topological polar surface area (TPSA) is 50.1 Å². The standard InChI is InChI=1S/C25H27N3O.ClH/c1-2-6-20(7-3-1)9-10-21-11-12-23-24(13-16-28-25(23)18-21)27-15-5-14-26-19-22-8-4-17-29-22;/h1-4,6-8,11-13,16-18,26H,5,9-10,14-15,19H2,(H,27,28);1H. The Morgan fingerprint density at radius 1 is 0.833 bits per heavy atom. The summed E-state index contributed by atoms with van der Waals surface area (Å²) < 4.78 is 5.32. The molecule has 2 aromatic heterocycles. The van der Waals surface area contributed by atoms with Gasteiger partial charge in [-0.3, -0.25) is 4.98 Å². The Labute approximate surface area is 184 Å². The minimum atomic E-state index is 0. The fraction of sp³-hybridized carbons (Fsp3) is 0.240. The molecule has 0 fully saturated rings. The molecule has 5 heteroatoms. The molecular formula is C25H28ClN3O. The van der Waals surface area contributed by atoms with Crippen molar-refractivity contribution in [3.8, 4) is 0 Å². The number of anilines is 1. The summed E-state index contributed by atoms with van der Waals surface area (Å²) in [5, 5.41) is 8.14. The summed E-state index contributed by atoms with van der Waals surface area (Å²) >= 11 is 0. The molecule has 30 heavy (non-hydrogen) atoms. The van der Waals surface area contributed by atoms with Crippen LogP contribution < -0.4 is 10.6 Å². The second-order valence-corrected chi connectivity index (χ2v) is 7.23. The quantitative estimate of drug-likeness (QED) is 0.326. The van der Waals surface area contributed by atoms with E-state index in [1.807, 2.05) is 18.3 Å². The van der Waals surface area contributed by atoms with Gasteiger partial charge in [0.1, 0.15) is 5.76 Å². The van der Waals surface area contributed by atoms with Crippen LogP contribution in [0, 0.1) is 0 Å². The molecule has 0 aliphatic carbocycles. The third-order valence-corrected chi connectivity index (χ3v) is 5.08. The van der Waals surface area contributed by atoms with Gasteiger partial charge in [0.25, 0.3) is 0 Å². The molecule has 0 bridgehead atoms. The van der Waals surface area contributed by atoms with Crippen LogP contribution in [0.5, 0.6) is 0 Å². The molecule has 4 aromatic rings. The van der Waals surface area contributed by atoms with Gasteiger partial charge in [-0.15, -0.1) is 12.4 Å². The van der Waals surface area contributed by atoms with E-state index >= 15 is 0 Å². The zero-order valence-electron chi connectivity index (χ0n) is 17.0. The Balaban J connectivity index is 0.00000256. The number of aromatic nitrogens is 1. The highest BCUT2D eigenvalue weighted by atomic mass is 35.5. The zero-order chi connectivity index (χ0) is 19.7. The first kappa shape index (κ1) is 21.9. The maximum atomic E-state index is 5.32. The van der Waals surface area contributed by atoms with E-state index in [-0.39, 0.29) is 12.4 Å². The van der Waals surface area contributed by atoms with Gasteiger partial charge in [-0.25, -0.2) is 0 Å². The lowest BCUT2D eigenvalue weighted by Gasteiger charge is -2.11. The Morgan fingerprint density at radius 3 is 2.53 bits per heavy atom. The van der Waals surface area contributed by atoms with Crippen LogP contribution in [-0.2, 0) is 19.4 Å². The molecular weight excluding hydrogens is 394 g/mol. The number of fused-ring (bicyclic) bond motifs is 1. The molecule has 0 saturated heterocycles. The van der Waals surface area contributed by atoms with Crippen molar-refractivity contribution in [1.29, 1.82) is 0 Å². The number of nitrogens with zero attached hydrogens (tertiary/aromatic N) is 1. The highest BCUT2D eigenvalue weighted by molar-refractivity contribution is 5.91. The first-order chi connectivity index (χ1) is 14.4. The maximum absolute atomic E-state index is 5.32. The van der Waals surface area contributed by atoms with E-state index in [0.717, 1.165) is 55.9 Å². The van der Waals surface area contributed by atoms with Crippen LogP contribution in [0.15, 0.2) is 83.6 Å². The molecule has 2 heterocycles. The molecule has 2 N–H and O–H groups in total. The van der Waals surface area contributed by atoms with E-state index in [1.165, 1.54) is 16.5 Å². The molecule has 4 nitrogen and oxygen atoms in total. The first-order valence-electron chi connectivity index (χ1n) is 10.3. The minimum absolute atomic E-state index is 0. The third kappa shape index (κ3) is 6.09. The number of halogens is 1. The van der Waals surface area contributed by atoms with Crippen LogP contribution in [0.2, 0.25) is 0 Å². The number of pyridine rings is 1. The van der Waals surface area contributed by atoms with Crippen LogP contribution in [0.1, 0.15) is 23.3 Å². The average molecular weight is 422 g/mol. The SMILES string of the molecule is Cl.c1ccc(CCc2ccc3c(NCCCNCc4ccco4)ccnc3c2)cc1. The number of rotatable bonds is 10. The van der Waals surface area contributed by atoms with Crippen molar-refractivity contribution in [2.45, 2.75) is 25.8 Å². The monoisotopic (exact) mass is 421 g/mol. The van der Waals surface area contributed by atoms with Crippen LogP contribution in [0.4, 0.5) is 5.69 Å². The van der Waals surface area contributed by atoms with Gasteiger partial charge in [-0.05, 0) is 61.2 Å². The normalized spacial score (nSPS) is 10.7. The maximum Gasteiger partial charge on any atom is 0.117 e. The lowest BCUT2D eigenvalue weighted by atomic mass is 10.0. The Bertz CT molecular complexity index is 1020. The fourth-order valence-corrected chi connectivity index (χ4v) is 3.50. The number of benzene rings is 2. The van der Waals surface area contributed by atoms with E-state index in [0.29, 0.717) is 0 Å². The summed E-state index contributed by atoms with van der Waals surface area (Å²) in [6, 6.07) is 23.2. The van der Waals surface area contributed by atoms with Crippen LogP contribution in [0.25, 0.3) is 10.9 Å². The summed E-state index contributed by atoms with van der Waals surface area (Å²) in [5.41, 5.74) is 4.90. The average Bonchev–Trinajstić information content (AvgIpc) is 3.29. The summed E-state index contributed by atoms with van der Waals surface area (Å²) in [4.78, 5) is 4.58. The van der Waals surface area contributed by atoms with Gasteiger partial charge in [0.2, 0.25) is 0 Å². The summed E-state index contributed by atoms with van der Waals surface area (Å²) in [7, 11) is 0. The smallest absolute Gasteiger partial charge is 0.117 e. The van der Waals surface area contributed by atoms with E-state index in [4.69, 9.17) is 4.42 Å². The fourth-order valence-electron chi connectivity index (χ4n) is 3.50. The highest BCUT2D eigenvalue weighted by Gasteiger charge is 2.04. The Kier molecular flexibility index (Phi) is 8.30. The second kappa shape index (κ2) is 11.4. The minimum Gasteiger partial charge on any atom is -0.468 e. The molecule has 0 radical (unpaired) electrons. The molecule has 0 aliphatic rings. The van der Waals surface area contributed by atoms with Crippen molar-refractivity contribution in [2.75, 3.05) is 18.4 Å². The van der Waals surface area contributed by atoms with Gasteiger partial charge in [0.05, 0.1) is 18.3 Å². The van der Waals surface area contributed by atoms with Crippen LogP contribution in [-0.4, -0.2) is 18.1 Å². The van der Waals surface area contributed by atoms with Crippen molar-refractivity contribution in [3.63, 3.8) is 0 Å². The highest BCUT2D eigenvalue weighted by Crippen LogP contribution is 2.23. The lowest BCUT2D eigenvalue weighted by Crippen LogP contribution is -2.17. The van der Waals surface area contributed by atoms with Gasteiger partial charge < -0.3 is 15.1 Å². The summed E-state index contributed by atoms with van der Waals surface area (Å²) in [6.45, 7) is 2.64. The third-order valence-electron chi connectivity index (χ3n) is 5.08. The van der Waals surface area contributed by atoms with E-state index in [9.17, 15) is 0 Å². The van der Waals surface area contributed by atoms with Gasteiger partial charge in [0.15, 0.2) is 0 Å². The molecule has 0 amide bonds. The summed E-state index contributed by atoms with van der Waals surface area (Å²) in [5.74, 6) is 0.973. The van der Waals surface area contributed by atoms with Crippen LogP contribution >= 0.6 is 12.4 Å². The van der Waals surface area contributed by atoms with E-state index < -0.39 is 0 Å². The van der Waals surface area contributed by atoms with Gasteiger partial charge >= 0.3 is 0 Å². The van der Waals surface area contributed by atoms with Crippen LogP contribution in [0.3, 0.4) is 0 Å². The largest absolute Gasteiger partial charge is 0.468 e. The van der Waals surface area contributed by atoms with E-state index in [2.05, 4.69) is 70.2 Å². The molecule has 0 spiro atoms. The predicted molar refractivity (Wildman–Crippen MR) is 126 cm³/mol. The molecule has 0 saturated carbocycles. The zero-order valence-corrected chi connectivity index (χ0v) is 17.8. The number of hydrogen-bond donors (Lipinski definition) is 2. The van der Waals surface area contributed by atoms with Gasteiger partial charge in [-0.2, -0.15) is 0 Å². The first-order valence-corrected chi connectivity index (χ1v) is 10.3. The molecule has 0 atom stereocenters. The number of furan rings is 1. The predicted octanol–water partition coefficient (Wildman–Crippen LogP) is 5.63.